The van der Waals surface area contributed by atoms with Gasteiger partial charge < -0.3 is 15.1 Å². The number of para-hydroxylation sites is 1. The van der Waals surface area contributed by atoms with Crippen LogP contribution < -0.4 is 10.2 Å². The summed E-state index contributed by atoms with van der Waals surface area (Å²) in [7, 11) is 0. The number of halogens is 1. The van der Waals surface area contributed by atoms with Gasteiger partial charge >= 0.3 is 0 Å². The van der Waals surface area contributed by atoms with Gasteiger partial charge in [0.1, 0.15) is 5.82 Å². The van der Waals surface area contributed by atoms with E-state index in [9.17, 15) is 14.0 Å². The molecule has 1 atom stereocenters. The molecule has 1 aromatic carbocycles. The first-order valence-electron chi connectivity index (χ1n) is 7.20. The number of hydrogen-bond acceptors (Lipinski definition) is 3. The van der Waals surface area contributed by atoms with Crippen LogP contribution in [0.2, 0.25) is 0 Å². The molecule has 3 rings (SSSR count). The van der Waals surface area contributed by atoms with E-state index in [-0.39, 0.29) is 30.0 Å². The minimum Gasteiger partial charge on any atom is -0.366 e. The SMILES string of the molecule is O=C1CC(C(=O)N2CCN(c3ccccc3F)CC2)CN1. The molecule has 2 amide bonds. The lowest BCUT2D eigenvalue weighted by atomic mass is 10.1. The van der Waals surface area contributed by atoms with Crippen LogP contribution in [-0.4, -0.2) is 49.4 Å². The molecule has 1 aromatic rings. The second-order valence-electron chi connectivity index (χ2n) is 5.47. The molecule has 5 nitrogen and oxygen atoms in total. The predicted molar refractivity (Wildman–Crippen MR) is 76.3 cm³/mol. The van der Waals surface area contributed by atoms with Crippen molar-refractivity contribution in [2.75, 3.05) is 37.6 Å². The lowest BCUT2D eigenvalue weighted by molar-refractivity contribution is -0.136. The van der Waals surface area contributed by atoms with E-state index < -0.39 is 0 Å². The highest BCUT2D eigenvalue weighted by molar-refractivity contribution is 5.89. The Morgan fingerprint density at radius 3 is 2.52 bits per heavy atom. The van der Waals surface area contributed by atoms with Gasteiger partial charge in [0.25, 0.3) is 0 Å². The summed E-state index contributed by atoms with van der Waals surface area (Å²) in [5.41, 5.74) is 0.585. The average molecular weight is 291 g/mol. The quantitative estimate of drug-likeness (QED) is 0.868. The van der Waals surface area contributed by atoms with Crippen molar-refractivity contribution in [3.63, 3.8) is 0 Å². The average Bonchev–Trinajstić information content (AvgIpc) is 2.94. The fourth-order valence-corrected chi connectivity index (χ4v) is 2.91. The van der Waals surface area contributed by atoms with Crippen molar-refractivity contribution in [1.82, 2.24) is 10.2 Å². The largest absolute Gasteiger partial charge is 0.366 e. The predicted octanol–water partition coefficient (Wildman–Crippen LogP) is 0.610. The van der Waals surface area contributed by atoms with Crippen LogP contribution in [0.4, 0.5) is 10.1 Å². The van der Waals surface area contributed by atoms with E-state index >= 15 is 0 Å². The van der Waals surface area contributed by atoms with E-state index in [1.807, 2.05) is 11.0 Å². The fraction of sp³-hybridized carbons (Fsp3) is 0.467. The number of anilines is 1. The van der Waals surface area contributed by atoms with Crippen molar-refractivity contribution < 1.29 is 14.0 Å². The second kappa shape index (κ2) is 5.71. The van der Waals surface area contributed by atoms with Gasteiger partial charge in [-0.1, -0.05) is 12.1 Å². The maximum absolute atomic E-state index is 13.8. The normalized spacial score (nSPS) is 22.3. The Labute approximate surface area is 122 Å². The molecule has 0 spiro atoms. The maximum Gasteiger partial charge on any atom is 0.228 e. The van der Waals surface area contributed by atoms with Gasteiger partial charge in [0.15, 0.2) is 0 Å². The van der Waals surface area contributed by atoms with Crippen molar-refractivity contribution in [1.29, 1.82) is 0 Å². The van der Waals surface area contributed by atoms with Gasteiger partial charge in [0.05, 0.1) is 11.6 Å². The first-order valence-corrected chi connectivity index (χ1v) is 7.20. The van der Waals surface area contributed by atoms with E-state index in [0.717, 1.165) is 0 Å². The standard InChI is InChI=1S/C15H18FN3O2/c16-12-3-1-2-4-13(12)18-5-7-19(8-6-18)15(21)11-9-14(20)17-10-11/h1-4,11H,5-10H2,(H,17,20). The minimum atomic E-state index is -0.238. The summed E-state index contributed by atoms with van der Waals surface area (Å²) in [5.74, 6) is -0.500. The van der Waals surface area contributed by atoms with Crippen molar-refractivity contribution in [3.8, 4) is 0 Å². The molecular weight excluding hydrogens is 273 g/mol. The smallest absolute Gasteiger partial charge is 0.228 e. The van der Waals surface area contributed by atoms with E-state index in [2.05, 4.69) is 5.32 Å². The van der Waals surface area contributed by atoms with E-state index in [4.69, 9.17) is 0 Å². The zero-order valence-corrected chi connectivity index (χ0v) is 11.7. The van der Waals surface area contributed by atoms with Crippen LogP contribution in [-0.2, 0) is 9.59 Å². The molecule has 0 aliphatic carbocycles. The van der Waals surface area contributed by atoms with Crippen LogP contribution in [0.1, 0.15) is 6.42 Å². The Morgan fingerprint density at radius 1 is 1.19 bits per heavy atom. The summed E-state index contributed by atoms with van der Waals surface area (Å²) in [6, 6.07) is 6.68. The van der Waals surface area contributed by atoms with Gasteiger partial charge in [-0.15, -0.1) is 0 Å². The van der Waals surface area contributed by atoms with Crippen LogP contribution in [0.15, 0.2) is 24.3 Å². The Kier molecular flexibility index (Phi) is 3.77. The molecule has 1 unspecified atom stereocenters. The molecule has 0 bridgehead atoms. The topological polar surface area (TPSA) is 52.7 Å². The van der Waals surface area contributed by atoms with Gasteiger partial charge in [-0.3, -0.25) is 9.59 Å². The van der Waals surface area contributed by atoms with Gasteiger partial charge in [-0.25, -0.2) is 4.39 Å². The van der Waals surface area contributed by atoms with E-state index in [1.54, 1.807) is 17.0 Å². The Balaban J connectivity index is 1.59. The van der Waals surface area contributed by atoms with Crippen molar-refractivity contribution >= 4 is 17.5 Å². The maximum atomic E-state index is 13.8. The minimum absolute atomic E-state index is 0.0292. The number of carbonyl (C=O) groups is 2. The Morgan fingerprint density at radius 2 is 1.90 bits per heavy atom. The molecule has 0 saturated carbocycles. The van der Waals surface area contributed by atoms with Crippen molar-refractivity contribution in [2.45, 2.75) is 6.42 Å². The van der Waals surface area contributed by atoms with Crippen LogP contribution in [0.5, 0.6) is 0 Å². The van der Waals surface area contributed by atoms with Crippen LogP contribution in [0.3, 0.4) is 0 Å². The first kappa shape index (κ1) is 13.9. The monoisotopic (exact) mass is 291 g/mol. The van der Waals surface area contributed by atoms with E-state index in [0.29, 0.717) is 38.4 Å². The summed E-state index contributed by atoms with van der Waals surface area (Å²) >= 11 is 0. The number of benzene rings is 1. The molecule has 112 valence electrons. The lowest BCUT2D eigenvalue weighted by Gasteiger charge is -2.37. The number of amides is 2. The van der Waals surface area contributed by atoms with Gasteiger partial charge in [0.2, 0.25) is 11.8 Å². The third kappa shape index (κ3) is 2.84. The van der Waals surface area contributed by atoms with Crippen LogP contribution in [0.25, 0.3) is 0 Å². The third-order valence-electron chi connectivity index (χ3n) is 4.11. The van der Waals surface area contributed by atoms with Crippen LogP contribution in [0, 0.1) is 11.7 Å². The Bertz CT molecular complexity index is 556. The zero-order valence-electron chi connectivity index (χ0n) is 11.7. The molecule has 6 heteroatoms. The highest BCUT2D eigenvalue weighted by atomic mass is 19.1. The number of nitrogens with zero attached hydrogens (tertiary/aromatic N) is 2. The first-order chi connectivity index (χ1) is 10.1. The molecular formula is C15H18FN3O2. The second-order valence-corrected chi connectivity index (χ2v) is 5.47. The number of hydrogen-bond donors (Lipinski definition) is 1. The summed E-state index contributed by atoms with van der Waals surface area (Å²) < 4.78 is 13.8. The number of nitrogens with one attached hydrogen (secondary N) is 1. The summed E-state index contributed by atoms with van der Waals surface area (Å²) in [4.78, 5) is 27.2. The molecule has 2 aliphatic rings. The summed E-state index contributed by atoms with van der Waals surface area (Å²) in [6.45, 7) is 2.79. The van der Waals surface area contributed by atoms with Gasteiger partial charge in [-0.05, 0) is 12.1 Å². The van der Waals surface area contributed by atoms with Gasteiger partial charge in [0, 0.05) is 39.1 Å². The molecule has 0 aromatic heterocycles. The molecule has 0 radical (unpaired) electrons. The molecule has 1 N–H and O–H groups in total. The van der Waals surface area contributed by atoms with Crippen molar-refractivity contribution in [3.05, 3.63) is 30.1 Å². The number of piperazine rings is 1. The lowest BCUT2D eigenvalue weighted by Crippen LogP contribution is -2.50. The van der Waals surface area contributed by atoms with E-state index in [1.165, 1.54) is 6.07 Å². The molecule has 2 aliphatic heterocycles. The highest BCUT2D eigenvalue weighted by Crippen LogP contribution is 2.21. The van der Waals surface area contributed by atoms with Gasteiger partial charge in [-0.2, -0.15) is 0 Å². The highest BCUT2D eigenvalue weighted by Gasteiger charge is 2.32. The molecule has 21 heavy (non-hydrogen) atoms. The third-order valence-corrected chi connectivity index (χ3v) is 4.11. The van der Waals surface area contributed by atoms with Crippen LogP contribution >= 0.6 is 0 Å². The fourth-order valence-electron chi connectivity index (χ4n) is 2.91. The number of carbonyl (C=O) groups excluding carboxylic acids is 2. The molecule has 2 saturated heterocycles. The molecule has 2 heterocycles. The summed E-state index contributed by atoms with van der Waals surface area (Å²) in [6.07, 6.45) is 0.284. The molecule has 2 fully saturated rings. The summed E-state index contributed by atoms with van der Waals surface area (Å²) in [5, 5.41) is 2.69. The number of rotatable bonds is 2. The van der Waals surface area contributed by atoms with Crippen molar-refractivity contribution in [2.24, 2.45) is 5.92 Å². The Hall–Kier alpha value is -2.11. The zero-order chi connectivity index (χ0) is 14.8.